The van der Waals surface area contributed by atoms with Gasteiger partial charge in [-0.2, -0.15) is 8.42 Å². The molecule has 1 rings (SSSR count). The first-order valence-electron chi connectivity index (χ1n) is 5.58. The van der Waals surface area contributed by atoms with Gasteiger partial charge in [0.15, 0.2) is 0 Å². The van der Waals surface area contributed by atoms with Crippen molar-refractivity contribution in [2.24, 2.45) is 5.16 Å². The number of hydrogen-bond donors (Lipinski definition) is 0. The molecule has 0 spiro atoms. The van der Waals surface area contributed by atoms with Crippen LogP contribution in [-0.2, 0) is 20.2 Å². The van der Waals surface area contributed by atoms with Gasteiger partial charge >= 0.3 is 10.1 Å². The minimum atomic E-state index is -3.64. The third kappa shape index (κ3) is 4.99. The van der Waals surface area contributed by atoms with Crippen LogP contribution in [0.1, 0.15) is 32.3 Å². The lowest BCUT2D eigenvalue weighted by atomic mass is 10.2. The second-order valence-corrected chi connectivity index (χ2v) is 5.18. The fourth-order valence-corrected chi connectivity index (χ4v) is 2.17. The Morgan fingerprint density at radius 1 is 1.18 bits per heavy atom. The van der Waals surface area contributed by atoms with Gasteiger partial charge in [0.1, 0.15) is 5.75 Å². The molecule has 0 unspecified atom stereocenters. The fraction of sp³-hybridized carbons (Fsp3) is 0.417. The van der Waals surface area contributed by atoms with Crippen molar-refractivity contribution in [1.82, 2.24) is 0 Å². The van der Waals surface area contributed by atoms with E-state index < -0.39 is 10.1 Å². The second-order valence-electron chi connectivity index (χ2n) is 3.63. The molecular weight excluding hydrogens is 238 g/mol. The lowest BCUT2D eigenvalue weighted by Crippen LogP contribution is -2.07. The normalized spacial score (nSPS) is 10.9. The molecule has 4 nitrogen and oxygen atoms in total. The summed E-state index contributed by atoms with van der Waals surface area (Å²) in [5.41, 5.74) is 1.43. The molecule has 0 fully saturated rings. The number of hydrogen-bond acceptors (Lipinski definition) is 4. The first-order valence-corrected chi connectivity index (χ1v) is 7.16. The zero-order chi connectivity index (χ0) is 12.7. The maximum Gasteiger partial charge on any atom is 0.332 e. The van der Waals surface area contributed by atoms with E-state index in [1.165, 1.54) is 0 Å². The molecule has 0 atom stereocenters. The van der Waals surface area contributed by atoms with Crippen LogP contribution in [0.5, 0.6) is 0 Å². The van der Waals surface area contributed by atoms with E-state index in [0.29, 0.717) is 18.4 Å². The minimum Gasteiger partial charge on any atom is -0.268 e. The van der Waals surface area contributed by atoms with Crippen molar-refractivity contribution in [2.45, 2.75) is 32.4 Å². The van der Waals surface area contributed by atoms with Gasteiger partial charge < -0.3 is 0 Å². The molecule has 1 aromatic carbocycles. The summed E-state index contributed by atoms with van der Waals surface area (Å²) >= 11 is 0. The highest BCUT2D eigenvalue weighted by Crippen LogP contribution is 2.08. The molecule has 0 heterocycles. The smallest absolute Gasteiger partial charge is 0.268 e. The van der Waals surface area contributed by atoms with Crippen molar-refractivity contribution in [2.75, 3.05) is 0 Å². The third-order valence-electron chi connectivity index (χ3n) is 2.28. The molecule has 0 aromatic heterocycles. The largest absolute Gasteiger partial charge is 0.332 e. The highest BCUT2D eigenvalue weighted by molar-refractivity contribution is 7.85. The summed E-state index contributed by atoms with van der Waals surface area (Å²) in [7, 11) is -3.64. The highest BCUT2D eigenvalue weighted by Gasteiger charge is 2.12. The Balaban J connectivity index is 2.67. The van der Waals surface area contributed by atoms with Crippen molar-refractivity contribution < 1.29 is 12.7 Å². The standard InChI is InChI=1S/C12H17NO3S/c1-3-12(4-2)13-16-17(14,15)10-11-8-6-5-7-9-11/h5-9H,3-4,10H2,1-2H3. The van der Waals surface area contributed by atoms with Gasteiger partial charge in [0.2, 0.25) is 0 Å². The predicted octanol–water partition coefficient (Wildman–Crippen LogP) is 2.71. The van der Waals surface area contributed by atoms with Crippen LogP contribution in [0.15, 0.2) is 35.5 Å². The summed E-state index contributed by atoms with van der Waals surface area (Å²) < 4.78 is 27.9. The van der Waals surface area contributed by atoms with Crippen LogP contribution in [0.3, 0.4) is 0 Å². The van der Waals surface area contributed by atoms with Crippen LogP contribution in [0.4, 0.5) is 0 Å². The lowest BCUT2D eigenvalue weighted by Gasteiger charge is -2.03. The van der Waals surface area contributed by atoms with Crippen LogP contribution in [0, 0.1) is 0 Å². The second kappa shape index (κ2) is 6.39. The molecule has 0 aliphatic heterocycles. The first-order chi connectivity index (χ1) is 8.07. The van der Waals surface area contributed by atoms with Crippen molar-refractivity contribution in [1.29, 1.82) is 0 Å². The predicted molar refractivity (Wildman–Crippen MR) is 68.2 cm³/mol. The summed E-state index contributed by atoms with van der Waals surface area (Å²) in [4.78, 5) is 0. The summed E-state index contributed by atoms with van der Waals surface area (Å²) in [5.74, 6) is -0.155. The lowest BCUT2D eigenvalue weighted by molar-refractivity contribution is 0.336. The van der Waals surface area contributed by atoms with E-state index in [4.69, 9.17) is 0 Å². The van der Waals surface area contributed by atoms with Gasteiger partial charge in [-0.15, -0.1) is 0 Å². The molecule has 1 aromatic rings. The van der Waals surface area contributed by atoms with E-state index in [1.54, 1.807) is 24.3 Å². The summed E-state index contributed by atoms with van der Waals surface area (Å²) in [6.07, 6.45) is 1.38. The van der Waals surface area contributed by atoms with Gasteiger partial charge in [-0.1, -0.05) is 49.3 Å². The Hall–Kier alpha value is -1.36. The quantitative estimate of drug-likeness (QED) is 0.580. The van der Waals surface area contributed by atoms with Gasteiger partial charge in [0, 0.05) is 0 Å². The molecule has 0 radical (unpaired) electrons. The highest BCUT2D eigenvalue weighted by atomic mass is 32.2. The van der Waals surface area contributed by atoms with Crippen LogP contribution in [-0.4, -0.2) is 14.1 Å². The van der Waals surface area contributed by atoms with Crippen molar-refractivity contribution >= 4 is 15.8 Å². The van der Waals surface area contributed by atoms with E-state index in [2.05, 4.69) is 9.44 Å². The van der Waals surface area contributed by atoms with Gasteiger partial charge in [-0.25, -0.2) is 0 Å². The Morgan fingerprint density at radius 2 is 1.76 bits per heavy atom. The van der Waals surface area contributed by atoms with Gasteiger partial charge in [0.05, 0.1) is 5.71 Å². The molecule has 94 valence electrons. The zero-order valence-corrected chi connectivity index (χ0v) is 10.9. The van der Waals surface area contributed by atoms with Gasteiger partial charge in [-0.3, -0.25) is 4.28 Å². The maximum absolute atomic E-state index is 11.6. The SMILES string of the molecule is CCC(CC)=NOS(=O)(=O)Cc1ccccc1. The van der Waals surface area contributed by atoms with Gasteiger partial charge in [0.25, 0.3) is 0 Å². The van der Waals surface area contributed by atoms with Crippen LogP contribution >= 0.6 is 0 Å². The Labute approximate surface area is 102 Å². The van der Waals surface area contributed by atoms with Crippen LogP contribution in [0.2, 0.25) is 0 Å². The summed E-state index contributed by atoms with van der Waals surface area (Å²) in [5, 5.41) is 3.66. The molecule has 0 N–H and O–H groups in total. The first kappa shape index (κ1) is 13.7. The van der Waals surface area contributed by atoms with E-state index in [0.717, 1.165) is 5.71 Å². The van der Waals surface area contributed by atoms with Crippen molar-refractivity contribution in [3.05, 3.63) is 35.9 Å². The van der Waals surface area contributed by atoms with Crippen molar-refractivity contribution in [3.8, 4) is 0 Å². The molecule has 0 saturated heterocycles. The van der Waals surface area contributed by atoms with Crippen molar-refractivity contribution in [3.63, 3.8) is 0 Å². The molecule has 0 saturated carbocycles. The van der Waals surface area contributed by atoms with Crippen LogP contribution in [0.25, 0.3) is 0 Å². The molecule has 17 heavy (non-hydrogen) atoms. The Kier molecular flexibility index (Phi) is 5.15. The molecular formula is C12H17NO3S. The zero-order valence-electron chi connectivity index (χ0n) is 10.1. The average molecular weight is 255 g/mol. The molecule has 0 aliphatic carbocycles. The van der Waals surface area contributed by atoms with E-state index >= 15 is 0 Å². The minimum absolute atomic E-state index is 0.155. The fourth-order valence-electron chi connectivity index (χ4n) is 1.29. The Morgan fingerprint density at radius 3 is 2.29 bits per heavy atom. The topological polar surface area (TPSA) is 55.7 Å². The molecule has 0 aliphatic rings. The monoisotopic (exact) mass is 255 g/mol. The third-order valence-corrected chi connectivity index (χ3v) is 3.27. The molecule has 0 amide bonds. The van der Waals surface area contributed by atoms with Gasteiger partial charge in [-0.05, 0) is 18.4 Å². The number of oxime groups is 1. The van der Waals surface area contributed by atoms with Crippen LogP contribution < -0.4 is 0 Å². The Bertz CT molecular complexity index is 460. The average Bonchev–Trinajstić information content (AvgIpc) is 2.31. The van der Waals surface area contributed by atoms with E-state index in [-0.39, 0.29) is 5.75 Å². The molecule has 5 heteroatoms. The van der Waals surface area contributed by atoms with E-state index in [1.807, 2.05) is 19.9 Å². The number of benzene rings is 1. The number of nitrogens with zero attached hydrogens (tertiary/aromatic N) is 1. The maximum atomic E-state index is 11.6. The number of rotatable bonds is 6. The summed E-state index contributed by atoms with van der Waals surface area (Å²) in [6, 6.07) is 8.90. The summed E-state index contributed by atoms with van der Waals surface area (Å²) in [6.45, 7) is 3.82. The van der Waals surface area contributed by atoms with E-state index in [9.17, 15) is 8.42 Å². The molecule has 0 bridgehead atoms.